The van der Waals surface area contributed by atoms with Crippen molar-refractivity contribution in [3.63, 3.8) is 0 Å². The number of aromatic nitrogens is 2. The molecule has 0 saturated carbocycles. The summed E-state index contributed by atoms with van der Waals surface area (Å²) in [4.78, 5) is 34.9. The second-order valence-electron chi connectivity index (χ2n) is 9.09. The molecule has 1 saturated heterocycles. The molecule has 1 aromatic carbocycles. The van der Waals surface area contributed by atoms with Crippen LogP contribution in [0.5, 0.6) is 0 Å². The minimum Gasteiger partial charge on any atom is -0.444 e. The highest BCUT2D eigenvalue weighted by Gasteiger charge is 2.43. The minimum atomic E-state index is -1.27. The number of carbonyl (C=O) groups is 2. The predicted molar refractivity (Wildman–Crippen MR) is 115 cm³/mol. The molecule has 2 amide bonds. The van der Waals surface area contributed by atoms with Crippen molar-refractivity contribution in [2.24, 2.45) is 11.7 Å². The van der Waals surface area contributed by atoms with Gasteiger partial charge in [-0.15, -0.1) is 0 Å². The first kappa shape index (κ1) is 23.5. The van der Waals surface area contributed by atoms with Crippen LogP contribution in [-0.2, 0) is 9.53 Å². The SMILES string of the molecule is CC(C)(C)OC(=O)N1CCC([C@@](C)(N)C(=O)Nc2cnc(-c3cc(F)cc(F)c3)cn2)C1. The third-order valence-electron chi connectivity index (χ3n) is 5.23. The van der Waals surface area contributed by atoms with Crippen molar-refractivity contribution in [2.45, 2.75) is 45.3 Å². The first-order valence-corrected chi connectivity index (χ1v) is 10.2. The number of nitrogens with two attached hydrogens (primary N) is 1. The molecule has 2 aromatic rings. The molecule has 0 bridgehead atoms. The lowest BCUT2D eigenvalue weighted by atomic mass is 9.85. The van der Waals surface area contributed by atoms with E-state index in [1.54, 1.807) is 32.6 Å². The van der Waals surface area contributed by atoms with Gasteiger partial charge in [0.05, 0.1) is 23.6 Å². The number of carbonyl (C=O) groups excluding carboxylic acids is 2. The lowest BCUT2D eigenvalue weighted by molar-refractivity contribution is -0.122. The summed E-state index contributed by atoms with van der Waals surface area (Å²) in [5.74, 6) is -2.07. The Hall–Kier alpha value is -3.14. The molecule has 1 aliphatic rings. The third-order valence-corrected chi connectivity index (χ3v) is 5.23. The predicted octanol–water partition coefficient (Wildman–Crippen LogP) is 3.33. The molecule has 1 fully saturated rings. The van der Waals surface area contributed by atoms with Crippen LogP contribution in [0.15, 0.2) is 30.6 Å². The van der Waals surface area contributed by atoms with Gasteiger partial charge < -0.3 is 20.7 Å². The van der Waals surface area contributed by atoms with E-state index in [2.05, 4.69) is 15.3 Å². The van der Waals surface area contributed by atoms with Gasteiger partial charge in [-0.05, 0) is 46.2 Å². The van der Waals surface area contributed by atoms with Crippen molar-refractivity contribution in [2.75, 3.05) is 18.4 Å². The largest absolute Gasteiger partial charge is 0.444 e. The van der Waals surface area contributed by atoms with Crippen LogP contribution in [-0.4, -0.2) is 51.1 Å². The second-order valence-corrected chi connectivity index (χ2v) is 9.09. The van der Waals surface area contributed by atoms with E-state index in [0.717, 1.165) is 18.2 Å². The van der Waals surface area contributed by atoms with E-state index < -0.39 is 34.8 Å². The van der Waals surface area contributed by atoms with E-state index in [0.29, 0.717) is 19.5 Å². The van der Waals surface area contributed by atoms with Crippen molar-refractivity contribution in [3.05, 3.63) is 42.2 Å². The number of hydrogen-bond donors (Lipinski definition) is 2. The summed E-state index contributed by atoms with van der Waals surface area (Å²) in [6.07, 6.45) is 2.70. The molecule has 0 aliphatic carbocycles. The van der Waals surface area contributed by atoms with E-state index in [-0.39, 0.29) is 23.0 Å². The molecule has 3 N–H and O–H groups in total. The van der Waals surface area contributed by atoms with Gasteiger partial charge in [0, 0.05) is 30.6 Å². The first-order valence-electron chi connectivity index (χ1n) is 10.2. The Bertz CT molecular complexity index is 985. The first-order chi connectivity index (χ1) is 14.8. The number of rotatable bonds is 4. The Morgan fingerprint density at radius 1 is 1.12 bits per heavy atom. The number of anilines is 1. The molecular formula is C22H27F2N5O3. The monoisotopic (exact) mass is 447 g/mol. The van der Waals surface area contributed by atoms with E-state index in [1.807, 2.05) is 0 Å². The number of nitrogens with zero attached hydrogens (tertiary/aromatic N) is 3. The van der Waals surface area contributed by atoms with Gasteiger partial charge in [-0.3, -0.25) is 9.78 Å². The van der Waals surface area contributed by atoms with Crippen molar-refractivity contribution >= 4 is 17.8 Å². The number of ether oxygens (including phenoxy) is 1. The molecule has 32 heavy (non-hydrogen) atoms. The second kappa shape index (κ2) is 8.78. The summed E-state index contributed by atoms with van der Waals surface area (Å²) in [5.41, 5.74) is 4.93. The third kappa shape index (κ3) is 5.56. The van der Waals surface area contributed by atoms with E-state index in [4.69, 9.17) is 10.5 Å². The Balaban J connectivity index is 1.64. The molecule has 2 atom stereocenters. The van der Waals surface area contributed by atoms with Gasteiger partial charge in [-0.2, -0.15) is 0 Å². The average Bonchev–Trinajstić information content (AvgIpc) is 3.18. The Labute approximate surface area is 185 Å². The minimum absolute atomic E-state index is 0.147. The summed E-state index contributed by atoms with van der Waals surface area (Å²) >= 11 is 0. The van der Waals surface area contributed by atoms with Crippen molar-refractivity contribution < 1.29 is 23.1 Å². The number of likely N-dealkylation sites (tertiary alicyclic amines) is 1. The quantitative estimate of drug-likeness (QED) is 0.744. The van der Waals surface area contributed by atoms with Crippen LogP contribution in [0.3, 0.4) is 0 Å². The van der Waals surface area contributed by atoms with Crippen LogP contribution in [0.25, 0.3) is 11.3 Å². The number of benzene rings is 1. The lowest BCUT2D eigenvalue weighted by Crippen LogP contribution is -2.55. The fourth-order valence-corrected chi connectivity index (χ4v) is 3.42. The zero-order valence-electron chi connectivity index (χ0n) is 18.5. The normalized spacial score (nSPS) is 18.2. The molecule has 3 rings (SSSR count). The molecule has 1 aromatic heterocycles. The van der Waals surface area contributed by atoms with E-state index in [9.17, 15) is 18.4 Å². The smallest absolute Gasteiger partial charge is 0.410 e. The highest BCUT2D eigenvalue weighted by atomic mass is 19.1. The number of amides is 2. The maximum absolute atomic E-state index is 13.4. The van der Waals surface area contributed by atoms with Crippen molar-refractivity contribution in [1.82, 2.24) is 14.9 Å². The number of nitrogens with one attached hydrogen (secondary N) is 1. The fraction of sp³-hybridized carbons (Fsp3) is 0.455. The van der Waals surface area contributed by atoms with Crippen LogP contribution in [0.2, 0.25) is 0 Å². The van der Waals surface area contributed by atoms with Gasteiger partial charge in [0.25, 0.3) is 0 Å². The molecule has 0 radical (unpaired) electrons. The van der Waals surface area contributed by atoms with Crippen molar-refractivity contribution in [3.8, 4) is 11.3 Å². The van der Waals surface area contributed by atoms with Gasteiger partial charge in [0.2, 0.25) is 5.91 Å². The van der Waals surface area contributed by atoms with Gasteiger partial charge in [-0.1, -0.05) is 0 Å². The molecule has 0 spiro atoms. The Kier molecular flexibility index (Phi) is 6.45. The molecule has 10 heteroatoms. The van der Waals surface area contributed by atoms with Crippen LogP contribution < -0.4 is 11.1 Å². The zero-order chi connectivity index (χ0) is 23.7. The van der Waals surface area contributed by atoms with E-state index in [1.165, 1.54) is 12.4 Å². The number of hydrogen-bond acceptors (Lipinski definition) is 6. The maximum atomic E-state index is 13.4. The van der Waals surface area contributed by atoms with Crippen LogP contribution >= 0.6 is 0 Å². The van der Waals surface area contributed by atoms with Gasteiger partial charge >= 0.3 is 6.09 Å². The highest BCUT2D eigenvalue weighted by Crippen LogP contribution is 2.28. The zero-order valence-corrected chi connectivity index (χ0v) is 18.5. The number of halogens is 2. The van der Waals surface area contributed by atoms with Gasteiger partial charge in [-0.25, -0.2) is 18.6 Å². The summed E-state index contributed by atoms with van der Waals surface area (Å²) in [6, 6.07) is 3.04. The molecule has 1 unspecified atom stereocenters. The van der Waals surface area contributed by atoms with Crippen LogP contribution in [0.4, 0.5) is 19.4 Å². The highest BCUT2D eigenvalue weighted by molar-refractivity contribution is 5.97. The Morgan fingerprint density at radius 2 is 1.78 bits per heavy atom. The average molecular weight is 447 g/mol. The fourth-order valence-electron chi connectivity index (χ4n) is 3.42. The lowest BCUT2D eigenvalue weighted by Gasteiger charge is -2.30. The van der Waals surface area contributed by atoms with Crippen LogP contribution in [0, 0.1) is 17.6 Å². The summed E-state index contributed by atoms with van der Waals surface area (Å²) in [6.45, 7) is 7.70. The Morgan fingerprint density at radius 3 is 2.34 bits per heavy atom. The van der Waals surface area contributed by atoms with Crippen LogP contribution in [0.1, 0.15) is 34.1 Å². The summed E-state index contributed by atoms with van der Waals surface area (Å²) in [7, 11) is 0. The maximum Gasteiger partial charge on any atom is 0.410 e. The molecule has 8 nitrogen and oxygen atoms in total. The van der Waals surface area contributed by atoms with Gasteiger partial charge in [0.15, 0.2) is 5.82 Å². The molecule has 172 valence electrons. The van der Waals surface area contributed by atoms with Gasteiger partial charge in [0.1, 0.15) is 17.2 Å². The van der Waals surface area contributed by atoms with Crippen molar-refractivity contribution in [1.29, 1.82) is 0 Å². The summed E-state index contributed by atoms with van der Waals surface area (Å²) < 4.78 is 32.2. The molecular weight excluding hydrogens is 420 g/mol. The topological polar surface area (TPSA) is 110 Å². The standard InChI is InChI=1S/C22H27F2N5O3/c1-21(2,3)32-20(31)29-6-5-14(12-29)22(4,25)19(30)28-18-11-26-17(10-27-18)13-7-15(23)9-16(24)8-13/h7-11,14H,5-6,12,25H2,1-4H3,(H,27,28,30)/t14?,22-/m1/s1. The van der Waals surface area contributed by atoms with E-state index >= 15 is 0 Å². The molecule has 2 heterocycles. The molecule has 1 aliphatic heterocycles. The summed E-state index contributed by atoms with van der Waals surface area (Å²) in [5, 5.41) is 2.62.